The first kappa shape index (κ1) is 23.5. The molecule has 0 spiro atoms. The second kappa shape index (κ2) is 9.70. The number of thioether (sulfide) groups is 1. The van der Waals surface area contributed by atoms with E-state index in [2.05, 4.69) is 5.32 Å². The summed E-state index contributed by atoms with van der Waals surface area (Å²) in [4.78, 5) is 40.3. The van der Waals surface area contributed by atoms with Gasteiger partial charge in [0.25, 0.3) is 11.5 Å². The number of ether oxygens (including phenoxy) is 1. The van der Waals surface area contributed by atoms with E-state index < -0.39 is 5.91 Å². The van der Waals surface area contributed by atoms with Crippen LogP contribution in [-0.4, -0.2) is 44.1 Å². The lowest BCUT2D eigenvalue weighted by molar-refractivity contribution is -0.126. The third kappa shape index (κ3) is 4.55. The second-order valence-corrected chi connectivity index (χ2v) is 9.20. The van der Waals surface area contributed by atoms with E-state index in [1.165, 1.54) is 9.58 Å². The van der Waals surface area contributed by atoms with Gasteiger partial charge in [-0.3, -0.25) is 24.0 Å². The molecular weight excluding hydrogens is 472 g/mol. The predicted molar refractivity (Wildman–Crippen MR) is 137 cm³/mol. The minimum Gasteiger partial charge on any atom is -0.497 e. The highest BCUT2D eigenvalue weighted by Gasteiger charge is 2.33. The number of nitrogens with zero attached hydrogens (tertiary/aromatic N) is 3. The van der Waals surface area contributed by atoms with Crippen molar-refractivity contribution in [2.75, 3.05) is 19.0 Å². The van der Waals surface area contributed by atoms with Gasteiger partial charge in [0.2, 0.25) is 5.91 Å². The van der Waals surface area contributed by atoms with Crippen LogP contribution in [0.25, 0.3) is 11.8 Å². The summed E-state index contributed by atoms with van der Waals surface area (Å²) >= 11 is 6.46. The number of para-hydroxylation sites is 1. The summed E-state index contributed by atoms with van der Waals surface area (Å²) in [6, 6.07) is 16.4. The molecule has 1 aliphatic rings. The summed E-state index contributed by atoms with van der Waals surface area (Å²) < 4.78 is 8.58. The summed E-state index contributed by atoms with van der Waals surface area (Å²) in [6.07, 6.45) is 1.72. The van der Waals surface area contributed by atoms with Crippen LogP contribution in [0.15, 0.2) is 64.3 Å². The van der Waals surface area contributed by atoms with Crippen LogP contribution in [0.1, 0.15) is 11.3 Å². The number of anilines is 1. The maximum Gasteiger partial charge on any atom is 0.295 e. The fraction of sp³-hybridized carbons (Fsp3) is 0.167. The molecular formula is C24H22N4O4S2. The van der Waals surface area contributed by atoms with Gasteiger partial charge in [-0.25, -0.2) is 4.68 Å². The highest BCUT2D eigenvalue weighted by molar-refractivity contribution is 8.26. The first-order chi connectivity index (χ1) is 16.3. The highest BCUT2D eigenvalue weighted by Crippen LogP contribution is 2.32. The van der Waals surface area contributed by atoms with Gasteiger partial charge in [0.1, 0.15) is 22.3 Å². The van der Waals surface area contributed by atoms with Crippen molar-refractivity contribution >= 4 is 51.9 Å². The van der Waals surface area contributed by atoms with Gasteiger partial charge in [-0.2, -0.15) is 0 Å². The molecule has 2 heterocycles. The van der Waals surface area contributed by atoms with Gasteiger partial charge in [0.15, 0.2) is 0 Å². The zero-order chi connectivity index (χ0) is 24.4. The van der Waals surface area contributed by atoms with Gasteiger partial charge in [-0.05, 0) is 42.8 Å². The Balaban J connectivity index is 1.50. The van der Waals surface area contributed by atoms with E-state index in [0.717, 1.165) is 17.3 Å². The fourth-order valence-corrected chi connectivity index (χ4v) is 4.78. The third-order valence-electron chi connectivity index (χ3n) is 5.41. The van der Waals surface area contributed by atoms with E-state index in [4.69, 9.17) is 17.0 Å². The number of rotatable bonds is 6. The van der Waals surface area contributed by atoms with Gasteiger partial charge in [-0.15, -0.1) is 0 Å². The van der Waals surface area contributed by atoms with E-state index in [1.54, 1.807) is 44.0 Å². The molecule has 10 heteroatoms. The molecule has 1 fully saturated rings. The maximum atomic E-state index is 13.0. The lowest BCUT2D eigenvalue weighted by atomic mass is 10.2. The Hall–Kier alpha value is -3.63. The number of carbonyl (C=O) groups excluding carboxylic acids is 2. The Kier molecular flexibility index (Phi) is 6.71. The van der Waals surface area contributed by atoms with Crippen LogP contribution in [0.5, 0.6) is 5.75 Å². The SMILES string of the molecule is COc1ccc(/C=C2/SC(=S)N(CC(=O)Nc3c(C)n(C)n(-c4ccccc4)c3=O)C2=O)cc1. The summed E-state index contributed by atoms with van der Waals surface area (Å²) in [5, 5.41) is 2.67. The second-order valence-electron chi connectivity index (χ2n) is 7.53. The van der Waals surface area contributed by atoms with Gasteiger partial charge in [-0.1, -0.05) is 54.3 Å². The molecule has 2 aromatic carbocycles. The number of amides is 2. The van der Waals surface area contributed by atoms with Crippen LogP contribution in [0.2, 0.25) is 0 Å². The quantitative estimate of drug-likeness (QED) is 0.418. The Bertz CT molecular complexity index is 1360. The number of nitrogens with one attached hydrogen (secondary N) is 1. The van der Waals surface area contributed by atoms with Gasteiger partial charge < -0.3 is 10.1 Å². The zero-order valence-electron chi connectivity index (χ0n) is 18.8. The molecule has 3 aromatic rings. The maximum absolute atomic E-state index is 13.0. The predicted octanol–water partition coefficient (Wildman–Crippen LogP) is 3.33. The van der Waals surface area contributed by atoms with E-state index in [1.807, 2.05) is 42.5 Å². The highest BCUT2D eigenvalue weighted by atomic mass is 32.2. The number of aromatic nitrogens is 2. The van der Waals surface area contributed by atoms with Crippen molar-refractivity contribution in [3.63, 3.8) is 0 Å². The first-order valence-electron chi connectivity index (χ1n) is 10.3. The van der Waals surface area contributed by atoms with Crippen molar-refractivity contribution < 1.29 is 14.3 Å². The molecule has 1 saturated heterocycles. The summed E-state index contributed by atoms with van der Waals surface area (Å²) in [5.41, 5.74) is 1.89. The average molecular weight is 495 g/mol. The molecule has 1 N–H and O–H groups in total. The first-order valence-corrected chi connectivity index (χ1v) is 11.6. The Labute approximate surface area is 205 Å². The van der Waals surface area contributed by atoms with Crippen molar-refractivity contribution in [2.24, 2.45) is 7.05 Å². The molecule has 0 radical (unpaired) electrons. The minimum absolute atomic E-state index is 0.163. The van der Waals surface area contributed by atoms with Crippen molar-refractivity contribution in [3.8, 4) is 11.4 Å². The molecule has 34 heavy (non-hydrogen) atoms. The summed E-state index contributed by atoms with van der Waals surface area (Å²) in [6.45, 7) is 1.46. The molecule has 0 aliphatic carbocycles. The molecule has 1 aliphatic heterocycles. The molecule has 0 saturated carbocycles. The monoisotopic (exact) mass is 494 g/mol. The van der Waals surface area contributed by atoms with Crippen molar-refractivity contribution in [1.82, 2.24) is 14.3 Å². The number of carbonyl (C=O) groups is 2. The zero-order valence-corrected chi connectivity index (χ0v) is 20.4. The summed E-state index contributed by atoms with van der Waals surface area (Å²) in [7, 11) is 3.32. The topological polar surface area (TPSA) is 85.6 Å². The van der Waals surface area contributed by atoms with E-state index >= 15 is 0 Å². The van der Waals surface area contributed by atoms with Gasteiger partial charge in [0, 0.05) is 7.05 Å². The van der Waals surface area contributed by atoms with E-state index in [9.17, 15) is 14.4 Å². The standard InChI is InChI=1S/C24H22N4O4S2/c1-15-21(23(31)28(26(15)2)17-7-5-4-6-8-17)25-20(29)14-27-22(30)19(34-24(27)33)13-16-9-11-18(32-3)12-10-16/h4-13H,14H2,1-3H3,(H,25,29)/b19-13+. The van der Waals surface area contributed by atoms with Crippen LogP contribution in [-0.2, 0) is 16.6 Å². The van der Waals surface area contributed by atoms with Gasteiger partial charge >= 0.3 is 0 Å². The molecule has 0 bridgehead atoms. The molecule has 0 atom stereocenters. The number of benzene rings is 2. The van der Waals surface area contributed by atoms with Crippen LogP contribution in [0.4, 0.5) is 5.69 Å². The summed E-state index contributed by atoms with van der Waals surface area (Å²) in [5.74, 6) is -0.149. The molecule has 1 aromatic heterocycles. The molecule has 8 nitrogen and oxygen atoms in total. The smallest absolute Gasteiger partial charge is 0.295 e. The minimum atomic E-state index is -0.506. The number of methoxy groups -OCH3 is 1. The molecule has 2 amide bonds. The lowest BCUT2D eigenvalue weighted by Crippen LogP contribution is -2.37. The van der Waals surface area contributed by atoms with Crippen molar-refractivity contribution in [3.05, 3.63) is 81.1 Å². The van der Waals surface area contributed by atoms with Crippen molar-refractivity contribution in [2.45, 2.75) is 6.92 Å². The van der Waals surface area contributed by atoms with Crippen LogP contribution in [0.3, 0.4) is 0 Å². The Morgan fingerprint density at radius 1 is 1.12 bits per heavy atom. The lowest BCUT2D eigenvalue weighted by Gasteiger charge is -2.13. The largest absolute Gasteiger partial charge is 0.497 e. The van der Waals surface area contributed by atoms with Crippen LogP contribution >= 0.6 is 24.0 Å². The third-order valence-corrected chi connectivity index (χ3v) is 6.79. The van der Waals surface area contributed by atoms with Gasteiger partial charge in [0.05, 0.1) is 23.4 Å². The average Bonchev–Trinajstić information content (AvgIpc) is 3.21. The Morgan fingerprint density at radius 3 is 2.44 bits per heavy atom. The number of hydrogen-bond donors (Lipinski definition) is 1. The van der Waals surface area contributed by atoms with Crippen LogP contribution < -0.4 is 15.6 Å². The molecule has 0 unspecified atom stereocenters. The van der Waals surface area contributed by atoms with Crippen molar-refractivity contribution in [1.29, 1.82) is 0 Å². The fourth-order valence-electron chi connectivity index (χ4n) is 3.52. The molecule has 4 rings (SSSR count). The molecule has 174 valence electrons. The van der Waals surface area contributed by atoms with E-state index in [0.29, 0.717) is 22.0 Å². The van der Waals surface area contributed by atoms with Crippen LogP contribution in [0, 0.1) is 6.92 Å². The number of thiocarbonyl (C=S) groups is 1. The normalized spacial score (nSPS) is 14.7. The van der Waals surface area contributed by atoms with E-state index in [-0.39, 0.29) is 28.0 Å². The number of hydrogen-bond acceptors (Lipinski definition) is 6. The Morgan fingerprint density at radius 2 is 1.79 bits per heavy atom.